The Hall–Kier alpha value is -4.41. The summed E-state index contributed by atoms with van der Waals surface area (Å²) >= 11 is 0. The number of aromatic nitrogens is 4. The van der Waals surface area contributed by atoms with Gasteiger partial charge in [0.15, 0.2) is 11.5 Å². The number of carbonyl (C=O) groups is 1. The molecule has 182 valence electrons. The smallest absolute Gasteiger partial charge is 0.261 e. The number of hydrogen-bond donors (Lipinski definition) is 5. The standard InChI is InChI=1S/C24H28N8O3/c1-5-13(22-27-8-7-9-28-22)29-21-19(24(33)32-16(20(21)25)12-26-6-2)23-30-14-10-17(34-3)18(35-4)11-15(14)31-23/h7-13,25-26,29H,5-6H2,1-4H3,(H,30,31)(H,32,33)/b16-12+,25-20?/t13-/m0/s1. The van der Waals surface area contributed by atoms with E-state index in [1.165, 1.54) is 0 Å². The molecular weight excluding hydrogens is 448 g/mol. The van der Waals surface area contributed by atoms with Gasteiger partial charge in [0.05, 0.1) is 42.7 Å². The Kier molecular flexibility index (Phi) is 6.95. The maximum Gasteiger partial charge on any atom is 0.261 e. The monoisotopic (exact) mass is 476 g/mol. The number of aromatic amines is 1. The molecule has 1 aliphatic rings. The molecule has 0 radical (unpaired) electrons. The van der Waals surface area contributed by atoms with Gasteiger partial charge < -0.3 is 30.4 Å². The second-order valence-corrected chi connectivity index (χ2v) is 7.72. The van der Waals surface area contributed by atoms with Crippen molar-refractivity contribution in [3.63, 3.8) is 0 Å². The fourth-order valence-corrected chi connectivity index (χ4v) is 3.77. The lowest BCUT2D eigenvalue weighted by atomic mass is 10.00. The van der Waals surface area contributed by atoms with E-state index in [0.29, 0.717) is 58.5 Å². The first kappa shape index (κ1) is 23.7. The van der Waals surface area contributed by atoms with Crippen LogP contribution in [-0.4, -0.2) is 52.3 Å². The van der Waals surface area contributed by atoms with E-state index >= 15 is 0 Å². The van der Waals surface area contributed by atoms with Crippen LogP contribution in [0.3, 0.4) is 0 Å². The molecule has 0 saturated carbocycles. The number of nitrogens with one attached hydrogen (secondary N) is 5. The summed E-state index contributed by atoms with van der Waals surface area (Å²) in [5, 5.41) is 18.1. The molecule has 11 nitrogen and oxygen atoms in total. The highest BCUT2D eigenvalue weighted by atomic mass is 16.5. The molecule has 1 amide bonds. The van der Waals surface area contributed by atoms with Crippen LogP contribution in [0.1, 0.15) is 38.0 Å². The number of ether oxygens (including phenoxy) is 2. The van der Waals surface area contributed by atoms with E-state index in [1.54, 1.807) is 51.0 Å². The van der Waals surface area contributed by atoms with E-state index in [0.717, 1.165) is 0 Å². The Balaban J connectivity index is 1.86. The van der Waals surface area contributed by atoms with E-state index in [4.69, 9.17) is 14.9 Å². The van der Waals surface area contributed by atoms with Crippen molar-refractivity contribution in [2.24, 2.45) is 0 Å². The number of carbonyl (C=O) groups excluding carboxylic acids is 1. The predicted molar refractivity (Wildman–Crippen MR) is 132 cm³/mol. The molecule has 3 aromatic rings. The van der Waals surface area contributed by atoms with Gasteiger partial charge in [-0.05, 0) is 19.4 Å². The van der Waals surface area contributed by atoms with Crippen LogP contribution in [0.5, 0.6) is 11.5 Å². The van der Waals surface area contributed by atoms with Crippen LogP contribution in [0, 0.1) is 5.41 Å². The van der Waals surface area contributed by atoms with Crippen LogP contribution >= 0.6 is 0 Å². The van der Waals surface area contributed by atoms with Crippen molar-refractivity contribution in [1.29, 1.82) is 5.41 Å². The second-order valence-electron chi connectivity index (χ2n) is 7.72. The number of H-pyrrole nitrogens is 1. The minimum absolute atomic E-state index is 0.116. The first-order valence-electron chi connectivity index (χ1n) is 11.2. The summed E-state index contributed by atoms with van der Waals surface area (Å²) in [4.78, 5) is 29.9. The van der Waals surface area contributed by atoms with Crippen LogP contribution in [0.4, 0.5) is 0 Å². The Labute approximate surface area is 202 Å². The number of nitrogens with zero attached hydrogens (tertiary/aromatic N) is 3. The molecule has 0 fully saturated rings. The number of hydrogen-bond acceptors (Lipinski definition) is 9. The molecule has 2 aromatic heterocycles. The number of fused-ring (bicyclic) bond motifs is 1. The van der Waals surface area contributed by atoms with E-state index in [1.807, 2.05) is 13.8 Å². The maximum atomic E-state index is 13.3. The lowest BCUT2D eigenvalue weighted by Crippen LogP contribution is -2.41. The summed E-state index contributed by atoms with van der Waals surface area (Å²) in [6.07, 6.45) is 5.58. The molecule has 0 aliphatic carbocycles. The Morgan fingerprint density at radius 1 is 1.14 bits per heavy atom. The molecule has 0 unspecified atom stereocenters. The molecule has 1 aliphatic heterocycles. The van der Waals surface area contributed by atoms with E-state index in [9.17, 15) is 4.79 Å². The summed E-state index contributed by atoms with van der Waals surface area (Å²) in [7, 11) is 3.10. The van der Waals surface area contributed by atoms with E-state index in [-0.39, 0.29) is 17.3 Å². The van der Waals surface area contributed by atoms with Crippen molar-refractivity contribution in [3.05, 3.63) is 59.8 Å². The fourth-order valence-electron chi connectivity index (χ4n) is 3.77. The summed E-state index contributed by atoms with van der Waals surface area (Å²) in [5.41, 5.74) is 2.27. The molecule has 4 rings (SSSR count). The van der Waals surface area contributed by atoms with Gasteiger partial charge in [0.1, 0.15) is 22.9 Å². The van der Waals surface area contributed by atoms with Crippen molar-refractivity contribution in [2.75, 3.05) is 20.8 Å². The third kappa shape index (κ3) is 4.65. The Morgan fingerprint density at radius 3 is 2.51 bits per heavy atom. The van der Waals surface area contributed by atoms with Crippen LogP contribution in [0.25, 0.3) is 16.6 Å². The molecule has 0 bridgehead atoms. The Bertz CT molecular complexity index is 1270. The highest BCUT2D eigenvalue weighted by Crippen LogP contribution is 2.33. The predicted octanol–water partition coefficient (Wildman–Crippen LogP) is 2.42. The zero-order chi connectivity index (χ0) is 24.9. The average molecular weight is 477 g/mol. The van der Waals surface area contributed by atoms with Crippen LogP contribution in [0.15, 0.2) is 48.2 Å². The fraction of sp³-hybridized carbons (Fsp3) is 0.292. The van der Waals surface area contributed by atoms with Crippen molar-refractivity contribution in [3.8, 4) is 11.5 Å². The van der Waals surface area contributed by atoms with Crippen molar-refractivity contribution in [2.45, 2.75) is 26.3 Å². The number of benzene rings is 1. The largest absolute Gasteiger partial charge is 0.493 e. The first-order chi connectivity index (χ1) is 17.0. The highest BCUT2D eigenvalue weighted by Gasteiger charge is 2.33. The highest BCUT2D eigenvalue weighted by molar-refractivity contribution is 6.33. The normalized spacial score (nSPS) is 15.8. The van der Waals surface area contributed by atoms with Crippen molar-refractivity contribution in [1.82, 2.24) is 35.9 Å². The lowest BCUT2D eigenvalue weighted by Gasteiger charge is -2.27. The van der Waals surface area contributed by atoms with Crippen LogP contribution in [-0.2, 0) is 4.79 Å². The molecule has 1 atom stereocenters. The summed E-state index contributed by atoms with van der Waals surface area (Å²) in [6, 6.07) is 4.91. The van der Waals surface area contributed by atoms with Gasteiger partial charge in [0, 0.05) is 37.3 Å². The SMILES string of the molecule is CCN/C=C1/NC(=O)C(c2nc3cc(OC)c(OC)cc3[nH]2)=C(N[C@@H](CC)c2ncccn2)C1=N. The van der Waals surface area contributed by atoms with Gasteiger partial charge in [-0.2, -0.15) is 0 Å². The number of methoxy groups -OCH3 is 2. The van der Waals surface area contributed by atoms with Crippen molar-refractivity contribution < 1.29 is 14.3 Å². The zero-order valence-electron chi connectivity index (χ0n) is 20.0. The van der Waals surface area contributed by atoms with Gasteiger partial charge in [0.2, 0.25) is 0 Å². The quantitative estimate of drug-likeness (QED) is 0.316. The van der Waals surface area contributed by atoms with Gasteiger partial charge in [-0.3, -0.25) is 10.2 Å². The van der Waals surface area contributed by atoms with Gasteiger partial charge >= 0.3 is 0 Å². The summed E-state index contributed by atoms with van der Waals surface area (Å²) in [5.74, 6) is 1.54. The van der Waals surface area contributed by atoms with Gasteiger partial charge in [0.25, 0.3) is 5.91 Å². The molecule has 1 aromatic carbocycles. The third-order valence-electron chi connectivity index (χ3n) is 5.54. The van der Waals surface area contributed by atoms with Gasteiger partial charge in [-0.15, -0.1) is 0 Å². The molecule has 0 spiro atoms. The van der Waals surface area contributed by atoms with Crippen molar-refractivity contribution >= 4 is 28.2 Å². The summed E-state index contributed by atoms with van der Waals surface area (Å²) < 4.78 is 10.8. The Morgan fingerprint density at radius 2 is 1.86 bits per heavy atom. The topological polar surface area (TPSA) is 150 Å². The molecule has 35 heavy (non-hydrogen) atoms. The first-order valence-corrected chi connectivity index (χ1v) is 11.2. The average Bonchev–Trinajstić information content (AvgIpc) is 3.29. The third-order valence-corrected chi connectivity index (χ3v) is 5.54. The zero-order valence-corrected chi connectivity index (χ0v) is 20.0. The van der Waals surface area contributed by atoms with E-state index in [2.05, 4.69) is 35.9 Å². The second kappa shape index (κ2) is 10.2. The summed E-state index contributed by atoms with van der Waals surface area (Å²) in [6.45, 7) is 4.56. The van der Waals surface area contributed by atoms with Crippen LogP contribution < -0.4 is 25.4 Å². The van der Waals surface area contributed by atoms with Gasteiger partial charge in [-0.25, -0.2) is 15.0 Å². The maximum absolute atomic E-state index is 13.3. The molecular formula is C24H28N8O3. The van der Waals surface area contributed by atoms with Gasteiger partial charge in [-0.1, -0.05) is 6.92 Å². The van der Waals surface area contributed by atoms with E-state index < -0.39 is 5.91 Å². The molecule has 0 saturated heterocycles. The molecule has 3 heterocycles. The number of rotatable bonds is 9. The number of imidazole rings is 1. The minimum Gasteiger partial charge on any atom is -0.493 e. The molecule has 5 N–H and O–H groups in total. The number of amides is 1. The lowest BCUT2D eigenvalue weighted by molar-refractivity contribution is -0.115. The minimum atomic E-state index is -0.394. The molecule has 11 heteroatoms. The van der Waals surface area contributed by atoms with Crippen LogP contribution in [0.2, 0.25) is 0 Å².